The van der Waals surface area contributed by atoms with E-state index in [9.17, 15) is 10.2 Å². The lowest BCUT2D eigenvalue weighted by Gasteiger charge is -2.18. The zero-order valence-corrected chi connectivity index (χ0v) is 18.2. The van der Waals surface area contributed by atoms with Crippen LogP contribution in [0.5, 0.6) is 11.5 Å². The fourth-order valence-corrected chi connectivity index (χ4v) is 4.80. The Bertz CT molecular complexity index is 655. The van der Waals surface area contributed by atoms with Crippen molar-refractivity contribution < 1.29 is 15.3 Å². The molecule has 1 atom stereocenters. The van der Waals surface area contributed by atoms with Gasteiger partial charge in [-0.25, -0.2) is 0 Å². The molecular formula is C25H36O3S. The Morgan fingerprint density at radius 2 is 1.10 bits per heavy atom. The van der Waals surface area contributed by atoms with Crippen LogP contribution >= 0.6 is 11.8 Å². The van der Waals surface area contributed by atoms with Crippen molar-refractivity contribution in [3.63, 3.8) is 0 Å². The molecule has 0 saturated heterocycles. The molecule has 0 bridgehead atoms. The molecule has 0 radical (unpaired) electrons. The van der Waals surface area contributed by atoms with Crippen molar-refractivity contribution >= 4 is 11.8 Å². The van der Waals surface area contributed by atoms with Gasteiger partial charge in [0.25, 0.3) is 0 Å². The van der Waals surface area contributed by atoms with Crippen LogP contribution in [0.2, 0.25) is 0 Å². The predicted octanol–water partition coefficient (Wildman–Crippen LogP) is 6.62. The summed E-state index contributed by atoms with van der Waals surface area (Å²) in [5.74, 6) is 1.75. The molecule has 0 saturated carbocycles. The van der Waals surface area contributed by atoms with E-state index < -0.39 is 0 Å². The van der Waals surface area contributed by atoms with Crippen molar-refractivity contribution in [2.24, 2.45) is 0 Å². The monoisotopic (exact) mass is 416 g/mol. The Morgan fingerprint density at radius 1 is 0.621 bits per heavy atom. The van der Waals surface area contributed by atoms with Gasteiger partial charge in [0.15, 0.2) is 0 Å². The molecule has 3 nitrogen and oxygen atoms in total. The van der Waals surface area contributed by atoms with E-state index in [1.165, 1.54) is 56.1 Å². The summed E-state index contributed by atoms with van der Waals surface area (Å²) in [6.07, 6.45) is 12.0. The van der Waals surface area contributed by atoms with Crippen LogP contribution in [0.1, 0.15) is 74.2 Å². The molecule has 0 spiro atoms. The third kappa shape index (κ3) is 10.1. The molecule has 1 unspecified atom stereocenters. The average Bonchev–Trinajstić information content (AvgIpc) is 2.73. The molecule has 0 fully saturated rings. The summed E-state index contributed by atoms with van der Waals surface area (Å²) in [5.41, 5.74) is 2.46. The van der Waals surface area contributed by atoms with Crippen LogP contribution < -0.4 is 0 Å². The smallest absolute Gasteiger partial charge is 0.115 e. The van der Waals surface area contributed by atoms with Gasteiger partial charge in [0.2, 0.25) is 0 Å². The van der Waals surface area contributed by atoms with Crippen LogP contribution in [0.15, 0.2) is 48.5 Å². The molecule has 4 heteroatoms. The van der Waals surface area contributed by atoms with Gasteiger partial charge in [-0.2, -0.15) is 11.8 Å². The lowest BCUT2D eigenvalue weighted by molar-refractivity contribution is 0.282. The number of aliphatic hydroxyl groups excluding tert-OH is 1. The fraction of sp³-hybridized carbons (Fsp3) is 0.520. The Hall–Kier alpha value is -1.65. The number of phenolic OH excluding ortho intramolecular Hbond substituents is 2. The Kier molecular flexibility index (Phi) is 11.7. The van der Waals surface area contributed by atoms with Crippen molar-refractivity contribution in [1.29, 1.82) is 0 Å². The van der Waals surface area contributed by atoms with Gasteiger partial charge in [-0.1, -0.05) is 69.2 Å². The largest absolute Gasteiger partial charge is 0.508 e. The summed E-state index contributed by atoms with van der Waals surface area (Å²) >= 11 is 1.99. The van der Waals surface area contributed by atoms with E-state index in [0.29, 0.717) is 23.4 Å². The molecule has 0 amide bonds. The number of rotatable bonds is 15. The van der Waals surface area contributed by atoms with Gasteiger partial charge in [-0.05, 0) is 60.4 Å². The second-order valence-corrected chi connectivity index (χ2v) is 9.04. The molecule has 3 N–H and O–H groups in total. The predicted molar refractivity (Wildman–Crippen MR) is 124 cm³/mol. The van der Waals surface area contributed by atoms with Crippen molar-refractivity contribution in [3.05, 3.63) is 59.7 Å². The average molecular weight is 417 g/mol. The number of phenols is 2. The van der Waals surface area contributed by atoms with E-state index in [1.54, 1.807) is 24.3 Å². The zero-order valence-electron chi connectivity index (χ0n) is 17.4. The van der Waals surface area contributed by atoms with Gasteiger partial charge in [0.05, 0.1) is 0 Å². The maximum Gasteiger partial charge on any atom is 0.115 e. The van der Waals surface area contributed by atoms with Crippen molar-refractivity contribution in [3.8, 4) is 11.5 Å². The number of aromatic hydroxyl groups is 2. The molecule has 160 valence electrons. The lowest BCUT2D eigenvalue weighted by Crippen LogP contribution is -2.00. The standard InChI is InChI=1S/C25H36O3S/c26-18-8-6-4-2-1-3-5-7-9-19-29-25(22-12-16-24(28)17-13-22)20-21-10-14-23(27)15-11-21/h10-17,25-28H,1-9,18-20H2. The topological polar surface area (TPSA) is 60.7 Å². The van der Waals surface area contributed by atoms with E-state index in [4.69, 9.17) is 5.11 Å². The van der Waals surface area contributed by atoms with Crippen LogP contribution in [0.4, 0.5) is 0 Å². The van der Waals surface area contributed by atoms with Gasteiger partial charge >= 0.3 is 0 Å². The molecule has 29 heavy (non-hydrogen) atoms. The van der Waals surface area contributed by atoms with E-state index in [1.807, 2.05) is 36.0 Å². The van der Waals surface area contributed by atoms with Crippen LogP contribution in [0, 0.1) is 0 Å². The van der Waals surface area contributed by atoms with E-state index in [2.05, 4.69) is 0 Å². The van der Waals surface area contributed by atoms with Gasteiger partial charge in [0.1, 0.15) is 11.5 Å². The Morgan fingerprint density at radius 3 is 1.66 bits per heavy atom. The number of benzene rings is 2. The summed E-state index contributed by atoms with van der Waals surface area (Å²) in [6.45, 7) is 0.329. The highest BCUT2D eigenvalue weighted by molar-refractivity contribution is 7.99. The summed E-state index contributed by atoms with van der Waals surface area (Å²) < 4.78 is 0. The first-order valence-corrected chi connectivity index (χ1v) is 12.0. The minimum Gasteiger partial charge on any atom is -0.508 e. The van der Waals surface area contributed by atoms with Gasteiger partial charge in [-0.3, -0.25) is 0 Å². The van der Waals surface area contributed by atoms with Crippen LogP contribution in [0.3, 0.4) is 0 Å². The minimum absolute atomic E-state index is 0.302. The minimum atomic E-state index is 0.302. The number of hydrogen-bond donors (Lipinski definition) is 3. The van der Waals surface area contributed by atoms with Crippen LogP contribution in [-0.2, 0) is 6.42 Å². The van der Waals surface area contributed by atoms with E-state index >= 15 is 0 Å². The maximum atomic E-state index is 9.59. The Labute approximate surface area is 180 Å². The highest BCUT2D eigenvalue weighted by Crippen LogP contribution is 2.34. The van der Waals surface area contributed by atoms with E-state index in [0.717, 1.165) is 25.0 Å². The third-order valence-corrected chi connectivity index (χ3v) is 6.61. The molecule has 2 aromatic carbocycles. The Balaban J connectivity index is 1.70. The number of hydrogen-bond acceptors (Lipinski definition) is 4. The quantitative estimate of drug-likeness (QED) is 0.286. The van der Waals surface area contributed by atoms with Crippen molar-refractivity contribution in [2.45, 2.75) is 69.5 Å². The molecule has 2 aromatic rings. The molecular weight excluding hydrogens is 380 g/mol. The van der Waals surface area contributed by atoms with Crippen LogP contribution in [0.25, 0.3) is 0 Å². The van der Waals surface area contributed by atoms with E-state index in [-0.39, 0.29) is 0 Å². The second kappa shape index (κ2) is 14.4. The van der Waals surface area contributed by atoms with Gasteiger partial charge in [-0.15, -0.1) is 0 Å². The third-order valence-electron chi connectivity index (χ3n) is 5.24. The second-order valence-electron chi connectivity index (χ2n) is 7.73. The SMILES string of the molecule is OCCCCCCCCCCCSC(Cc1ccc(O)cc1)c1ccc(O)cc1. The van der Waals surface area contributed by atoms with Crippen LogP contribution in [-0.4, -0.2) is 27.7 Å². The summed E-state index contributed by atoms with van der Waals surface area (Å²) in [7, 11) is 0. The fourth-order valence-electron chi connectivity index (χ4n) is 3.48. The maximum absolute atomic E-state index is 9.59. The first-order chi connectivity index (χ1) is 14.2. The highest BCUT2D eigenvalue weighted by atomic mass is 32.2. The van der Waals surface area contributed by atoms with Gasteiger partial charge in [0, 0.05) is 11.9 Å². The highest BCUT2D eigenvalue weighted by Gasteiger charge is 2.13. The number of aliphatic hydroxyl groups is 1. The first kappa shape index (κ1) is 23.6. The molecule has 0 aromatic heterocycles. The molecule has 0 heterocycles. The number of thioether (sulfide) groups is 1. The van der Waals surface area contributed by atoms with Crippen molar-refractivity contribution in [2.75, 3.05) is 12.4 Å². The van der Waals surface area contributed by atoms with Gasteiger partial charge < -0.3 is 15.3 Å². The first-order valence-electron chi connectivity index (χ1n) is 11.0. The normalized spacial score (nSPS) is 12.2. The molecule has 0 aliphatic rings. The molecule has 0 aliphatic heterocycles. The summed E-state index contributed by atoms with van der Waals surface area (Å²) in [6, 6.07) is 15.0. The molecule has 2 rings (SSSR count). The zero-order chi connectivity index (χ0) is 20.7. The molecule has 0 aliphatic carbocycles. The summed E-state index contributed by atoms with van der Waals surface area (Å²) in [5, 5.41) is 28.2. The van der Waals surface area contributed by atoms with Crippen molar-refractivity contribution in [1.82, 2.24) is 0 Å². The lowest BCUT2D eigenvalue weighted by atomic mass is 10.0. The number of unbranched alkanes of at least 4 members (excludes halogenated alkanes) is 8. The summed E-state index contributed by atoms with van der Waals surface area (Å²) in [4.78, 5) is 0.